The first kappa shape index (κ1) is 15.6. The Morgan fingerprint density at radius 2 is 2.24 bits per heavy atom. The topological polar surface area (TPSA) is 77.8 Å². The molecule has 1 fully saturated rings. The van der Waals surface area contributed by atoms with E-state index in [0.717, 1.165) is 16.7 Å². The van der Waals surface area contributed by atoms with E-state index in [1.54, 1.807) is 6.07 Å². The summed E-state index contributed by atoms with van der Waals surface area (Å²) >= 11 is 5.89. The third kappa shape index (κ3) is 3.29. The number of halogens is 1. The number of aliphatic hydroxyl groups excluding tert-OH is 1. The number of aliphatic hydroxyl groups is 1. The molecule has 2 N–H and O–H groups in total. The highest BCUT2D eigenvalue weighted by Gasteiger charge is 2.40. The quantitative estimate of drug-likeness (QED) is 0.644. The van der Waals surface area contributed by atoms with Gasteiger partial charge in [-0.15, -0.1) is 0 Å². The maximum absolute atomic E-state index is 13.1. The van der Waals surface area contributed by atoms with Crippen LogP contribution in [0.25, 0.3) is 6.08 Å². The summed E-state index contributed by atoms with van der Waals surface area (Å²) < 4.78 is 13.2. The highest BCUT2D eigenvalue weighted by atomic mass is 32.2. The lowest BCUT2D eigenvalue weighted by Crippen LogP contribution is -2.46. The number of carbonyl (C=O) groups excluding carboxylic acids is 1. The van der Waals surface area contributed by atoms with Gasteiger partial charge < -0.3 is 10.2 Å². The third-order valence-electron chi connectivity index (χ3n) is 2.74. The van der Waals surface area contributed by atoms with Crippen LogP contribution >= 0.6 is 24.0 Å². The van der Waals surface area contributed by atoms with Crippen molar-refractivity contribution in [2.45, 2.75) is 6.04 Å². The van der Waals surface area contributed by atoms with E-state index in [-0.39, 0.29) is 9.23 Å². The van der Waals surface area contributed by atoms with Gasteiger partial charge >= 0.3 is 5.97 Å². The highest BCUT2D eigenvalue weighted by molar-refractivity contribution is 8.26. The molecule has 1 saturated heterocycles. The fourth-order valence-corrected chi connectivity index (χ4v) is 3.12. The number of hydrogen-bond donors (Lipinski definition) is 2. The van der Waals surface area contributed by atoms with E-state index in [9.17, 15) is 14.0 Å². The number of amides is 1. The summed E-state index contributed by atoms with van der Waals surface area (Å²) in [5.41, 5.74) is 0.464. The Morgan fingerprint density at radius 3 is 2.81 bits per heavy atom. The molecule has 0 saturated carbocycles. The van der Waals surface area contributed by atoms with Crippen LogP contribution in [0, 0.1) is 5.82 Å². The Labute approximate surface area is 129 Å². The van der Waals surface area contributed by atoms with Crippen LogP contribution < -0.4 is 0 Å². The first-order valence-electron chi connectivity index (χ1n) is 5.80. The number of nitrogens with zero attached hydrogens (tertiary/aromatic N) is 1. The molecule has 0 spiro atoms. The van der Waals surface area contributed by atoms with Crippen LogP contribution in [-0.2, 0) is 9.59 Å². The van der Waals surface area contributed by atoms with Crippen LogP contribution in [0.2, 0.25) is 0 Å². The van der Waals surface area contributed by atoms with Gasteiger partial charge in [-0.3, -0.25) is 9.69 Å². The van der Waals surface area contributed by atoms with E-state index in [4.69, 9.17) is 22.4 Å². The minimum Gasteiger partial charge on any atom is -0.480 e. The van der Waals surface area contributed by atoms with Crippen molar-refractivity contribution in [3.63, 3.8) is 0 Å². The first-order chi connectivity index (χ1) is 9.93. The molecule has 1 aromatic carbocycles. The largest absolute Gasteiger partial charge is 0.480 e. The number of rotatable bonds is 4. The summed E-state index contributed by atoms with van der Waals surface area (Å²) in [5, 5.41) is 18.1. The average molecular weight is 327 g/mol. The summed E-state index contributed by atoms with van der Waals surface area (Å²) in [7, 11) is 0. The molecule has 21 heavy (non-hydrogen) atoms. The summed E-state index contributed by atoms with van der Waals surface area (Å²) in [6.45, 7) is -0.741. The fraction of sp³-hybridized carbons (Fsp3) is 0.154. The third-order valence-corrected chi connectivity index (χ3v) is 4.07. The van der Waals surface area contributed by atoms with Gasteiger partial charge in [-0.25, -0.2) is 9.18 Å². The lowest BCUT2D eigenvalue weighted by Gasteiger charge is -2.20. The van der Waals surface area contributed by atoms with Crippen LogP contribution in [0.5, 0.6) is 0 Å². The zero-order chi connectivity index (χ0) is 15.6. The zero-order valence-corrected chi connectivity index (χ0v) is 12.2. The molecule has 110 valence electrons. The van der Waals surface area contributed by atoms with E-state index >= 15 is 0 Å². The Kier molecular flexibility index (Phi) is 4.71. The smallest absolute Gasteiger partial charge is 0.329 e. The van der Waals surface area contributed by atoms with E-state index in [1.807, 2.05) is 0 Å². The van der Waals surface area contributed by atoms with Crippen molar-refractivity contribution in [1.82, 2.24) is 4.90 Å². The molecule has 1 amide bonds. The summed E-state index contributed by atoms with van der Waals surface area (Å²) in [6.07, 6.45) is 1.43. The molecule has 0 aromatic heterocycles. The van der Waals surface area contributed by atoms with Crippen molar-refractivity contribution in [1.29, 1.82) is 0 Å². The van der Waals surface area contributed by atoms with Gasteiger partial charge in [0, 0.05) is 0 Å². The van der Waals surface area contributed by atoms with Crippen molar-refractivity contribution < 1.29 is 24.2 Å². The number of carboxylic acids is 1. The van der Waals surface area contributed by atoms with Gasteiger partial charge in [0.15, 0.2) is 6.04 Å². The molecule has 0 bridgehead atoms. The number of carboxylic acid groups (broad SMARTS) is 1. The monoisotopic (exact) mass is 327 g/mol. The molecule has 0 unspecified atom stereocenters. The molecule has 1 aromatic rings. The second-order valence-corrected chi connectivity index (χ2v) is 5.82. The first-order valence-corrected chi connectivity index (χ1v) is 7.03. The number of hydrogen-bond acceptors (Lipinski definition) is 5. The van der Waals surface area contributed by atoms with Crippen LogP contribution in [0.15, 0.2) is 29.2 Å². The van der Waals surface area contributed by atoms with Crippen LogP contribution in [-0.4, -0.2) is 44.0 Å². The fourth-order valence-electron chi connectivity index (χ4n) is 1.77. The number of thioether (sulfide) groups is 1. The molecule has 1 aliphatic heterocycles. The van der Waals surface area contributed by atoms with Gasteiger partial charge in [0.1, 0.15) is 10.1 Å². The second-order valence-electron chi connectivity index (χ2n) is 4.14. The lowest BCUT2D eigenvalue weighted by molar-refractivity contribution is -0.146. The van der Waals surface area contributed by atoms with Gasteiger partial charge in [0.25, 0.3) is 5.91 Å². The highest BCUT2D eigenvalue weighted by Crippen LogP contribution is 2.34. The second kappa shape index (κ2) is 6.33. The van der Waals surface area contributed by atoms with E-state index < -0.39 is 30.3 Å². The summed E-state index contributed by atoms with van der Waals surface area (Å²) in [5.74, 6) is -2.41. The maximum atomic E-state index is 13.1. The van der Waals surface area contributed by atoms with Gasteiger partial charge in [0.2, 0.25) is 0 Å². The normalized spacial score (nSPS) is 18.4. The van der Waals surface area contributed by atoms with Gasteiger partial charge in [0.05, 0.1) is 11.5 Å². The van der Waals surface area contributed by atoms with Crippen LogP contribution in [0.4, 0.5) is 4.39 Å². The van der Waals surface area contributed by atoms with Crippen LogP contribution in [0.3, 0.4) is 0 Å². The molecule has 1 atom stereocenters. The molecule has 1 heterocycles. The maximum Gasteiger partial charge on any atom is 0.329 e. The summed E-state index contributed by atoms with van der Waals surface area (Å²) in [6, 6.07) is 4.20. The Balaban J connectivity index is 2.31. The van der Waals surface area contributed by atoms with E-state index in [0.29, 0.717) is 5.56 Å². The minimum atomic E-state index is -1.42. The Bertz CT molecular complexity index is 647. The standard InChI is InChI=1S/C13H10FNO4S2/c14-8-3-1-2-7(4-8)5-10-11(17)15(13(20)21-10)9(6-16)12(18)19/h1-5,9,16H,6H2,(H,18,19)/b10-5-/t9-/m1/s1. The zero-order valence-electron chi connectivity index (χ0n) is 10.5. The number of benzene rings is 1. The van der Waals surface area contributed by atoms with Gasteiger partial charge in [-0.2, -0.15) is 0 Å². The van der Waals surface area contributed by atoms with Crippen molar-refractivity contribution >= 4 is 46.3 Å². The number of aliphatic carboxylic acids is 1. The van der Waals surface area contributed by atoms with E-state index in [2.05, 4.69) is 0 Å². The summed E-state index contributed by atoms with van der Waals surface area (Å²) in [4.78, 5) is 24.3. The molecule has 0 radical (unpaired) electrons. The molecule has 2 rings (SSSR count). The molecule has 8 heteroatoms. The van der Waals surface area contributed by atoms with Gasteiger partial charge in [-0.1, -0.05) is 36.1 Å². The Morgan fingerprint density at radius 1 is 1.52 bits per heavy atom. The molecular weight excluding hydrogens is 317 g/mol. The molecule has 5 nitrogen and oxygen atoms in total. The average Bonchev–Trinajstić information content (AvgIpc) is 2.67. The molecule has 1 aliphatic rings. The molecular formula is C13H10FNO4S2. The van der Waals surface area contributed by atoms with Crippen molar-refractivity contribution in [3.8, 4) is 0 Å². The predicted molar refractivity (Wildman–Crippen MR) is 79.9 cm³/mol. The van der Waals surface area contributed by atoms with Crippen molar-refractivity contribution in [2.75, 3.05) is 6.61 Å². The molecule has 0 aliphatic carbocycles. The van der Waals surface area contributed by atoms with Crippen LogP contribution in [0.1, 0.15) is 5.56 Å². The SMILES string of the molecule is O=C(O)[C@@H](CO)N1C(=O)/C(=C/c2cccc(F)c2)SC1=S. The van der Waals surface area contributed by atoms with Crippen molar-refractivity contribution in [2.24, 2.45) is 0 Å². The van der Waals surface area contributed by atoms with E-state index in [1.165, 1.54) is 24.3 Å². The van der Waals surface area contributed by atoms with Crippen molar-refractivity contribution in [3.05, 3.63) is 40.6 Å². The number of thiocarbonyl (C=S) groups is 1. The lowest BCUT2D eigenvalue weighted by atomic mass is 10.2. The predicted octanol–water partition coefficient (Wildman–Crippen LogP) is 1.47. The Hall–Kier alpha value is -1.77. The number of carbonyl (C=O) groups is 2. The van der Waals surface area contributed by atoms with Gasteiger partial charge in [-0.05, 0) is 23.8 Å². The minimum absolute atomic E-state index is 0.0455.